The molecule has 1 N–H and O–H groups in total. The summed E-state index contributed by atoms with van der Waals surface area (Å²) in [6.07, 6.45) is 4.33. The Morgan fingerprint density at radius 1 is 0.864 bits per heavy atom. The number of hydrogen-bond donors (Lipinski definition) is 1. The van der Waals surface area contributed by atoms with Gasteiger partial charge in [-0.3, -0.25) is 0 Å². The number of hydrogen-bond acceptors (Lipinski definition) is 1. The Morgan fingerprint density at radius 3 is 2.45 bits per heavy atom. The summed E-state index contributed by atoms with van der Waals surface area (Å²) < 4.78 is 0. The molecule has 0 unspecified atom stereocenters. The minimum atomic E-state index is 0.325. The van der Waals surface area contributed by atoms with Gasteiger partial charge >= 0.3 is 0 Å². The van der Waals surface area contributed by atoms with E-state index < -0.39 is 0 Å². The third kappa shape index (κ3) is 3.44. The molecular formula is C21H21N. The van der Waals surface area contributed by atoms with Gasteiger partial charge in [0.2, 0.25) is 0 Å². The molecule has 3 aromatic carbocycles. The molecule has 3 aromatic rings. The summed E-state index contributed by atoms with van der Waals surface area (Å²) in [6, 6.07) is 25.8. The average Bonchev–Trinajstić information content (AvgIpc) is 2.59. The van der Waals surface area contributed by atoms with Gasteiger partial charge in [0.25, 0.3) is 0 Å². The summed E-state index contributed by atoms with van der Waals surface area (Å²) in [5, 5.41) is 6.20. The fourth-order valence-corrected chi connectivity index (χ4v) is 2.74. The SMILES string of the molecule is C[C@@H](NC/C=C/c1ccccc1)c1cccc2ccccc12. The van der Waals surface area contributed by atoms with E-state index in [1.807, 2.05) is 6.07 Å². The zero-order valence-corrected chi connectivity index (χ0v) is 12.9. The molecule has 0 bridgehead atoms. The monoisotopic (exact) mass is 287 g/mol. The van der Waals surface area contributed by atoms with Crippen LogP contribution in [0.25, 0.3) is 16.8 Å². The number of fused-ring (bicyclic) bond motifs is 1. The number of rotatable bonds is 5. The van der Waals surface area contributed by atoms with Crippen LogP contribution in [0.5, 0.6) is 0 Å². The highest BCUT2D eigenvalue weighted by molar-refractivity contribution is 5.86. The molecule has 0 saturated heterocycles. The van der Waals surface area contributed by atoms with Gasteiger partial charge in [0.05, 0.1) is 0 Å². The van der Waals surface area contributed by atoms with Crippen molar-refractivity contribution in [3.8, 4) is 0 Å². The Morgan fingerprint density at radius 2 is 1.59 bits per heavy atom. The molecule has 0 aliphatic rings. The molecule has 0 aliphatic carbocycles. The van der Waals surface area contributed by atoms with E-state index in [0.29, 0.717) is 6.04 Å². The van der Waals surface area contributed by atoms with Crippen LogP contribution in [0.4, 0.5) is 0 Å². The lowest BCUT2D eigenvalue weighted by Crippen LogP contribution is -2.18. The van der Waals surface area contributed by atoms with Crippen LogP contribution < -0.4 is 5.32 Å². The number of nitrogens with one attached hydrogen (secondary N) is 1. The summed E-state index contributed by atoms with van der Waals surface area (Å²) >= 11 is 0. The van der Waals surface area contributed by atoms with Gasteiger partial charge in [0, 0.05) is 12.6 Å². The van der Waals surface area contributed by atoms with Crippen LogP contribution >= 0.6 is 0 Å². The predicted molar refractivity (Wildman–Crippen MR) is 95.8 cm³/mol. The molecule has 1 nitrogen and oxygen atoms in total. The van der Waals surface area contributed by atoms with E-state index in [2.05, 4.69) is 91.1 Å². The normalized spacial score (nSPS) is 12.8. The van der Waals surface area contributed by atoms with Crippen molar-refractivity contribution in [1.29, 1.82) is 0 Å². The first-order valence-corrected chi connectivity index (χ1v) is 7.77. The second-order valence-corrected chi connectivity index (χ2v) is 5.51. The smallest absolute Gasteiger partial charge is 0.0300 e. The zero-order valence-electron chi connectivity index (χ0n) is 12.9. The molecule has 0 radical (unpaired) electrons. The maximum absolute atomic E-state index is 3.57. The van der Waals surface area contributed by atoms with Gasteiger partial charge in [-0.1, -0.05) is 84.9 Å². The molecule has 110 valence electrons. The first-order valence-electron chi connectivity index (χ1n) is 7.77. The largest absolute Gasteiger partial charge is 0.307 e. The van der Waals surface area contributed by atoms with Gasteiger partial charge < -0.3 is 5.32 Å². The van der Waals surface area contributed by atoms with Gasteiger partial charge in [-0.25, -0.2) is 0 Å². The van der Waals surface area contributed by atoms with Gasteiger partial charge in [-0.05, 0) is 28.8 Å². The van der Waals surface area contributed by atoms with Crippen molar-refractivity contribution < 1.29 is 0 Å². The lowest BCUT2D eigenvalue weighted by atomic mass is 10.00. The standard InChI is InChI=1S/C21H21N/c1-17(22-16-8-11-18-9-3-2-4-10-18)20-15-7-13-19-12-5-6-14-21(19)20/h2-15,17,22H,16H2,1H3/b11-8+/t17-/m1/s1. The fourth-order valence-electron chi connectivity index (χ4n) is 2.74. The second kappa shape index (κ2) is 7.06. The van der Waals surface area contributed by atoms with Crippen molar-refractivity contribution in [2.75, 3.05) is 6.54 Å². The Labute approximate surface area is 132 Å². The van der Waals surface area contributed by atoms with Crippen molar-refractivity contribution in [2.45, 2.75) is 13.0 Å². The second-order valence-electron chi connectivity index (χ2n) is 5.51. The Kier molecular flexibility index (Phi) is 4.67. The lowest BCUT2D eigenvalue weighted by Gasteiger charge is -2.15. The molecule has 1 atom stereocenters. The quantitative estimate of drug-likeness (QED) is 0.679. The van der Waals surface area contributed by atoms with Crippen LogP contribution in [-0.4, -0.2) is 6.54 Å². The molecule has 1 heteroatoms. The van der Waals surface area contributed by atoms with Crippen LogP contribution in [0.2, 0.25) is 0 Å². The van der Waals surface area contributed by atoms with E-state index in [0.717, 1.165) is 6.54 Å². The summed E-state index contributed by atoms with van der Waals surface area (Å²) in [7, 11) is 0. The van der Waals surface area contributed by atoms with Gasteiger partial charge in [0.15, 0.2) is 0 Å². The van der Waals surface area contributed by atoms with Crippen molar-refractivity contribution >= 4 is 16.8 Å². The molecule has 0 amide bonds. The molecule has 0 aliphatic heterocycles. The molecule has 22 heavy (non-hydrogen) atoms. The van der Waals surface area contributed by atoms with Crippen LogP contribution in [0.3, 0.4) is 0 Å². The van der Waals surface area contributed by atoms with Crippen molar-refractivity contribution in [2.24, 2.45) is 0 Å². The molecule has 3 rings (SSSR count). The molecule has 0 saturated carbocycles. The van der Waals surface area contributed by atoms with Crippen LogP contribution in [-0.2, 0) is 0 Å². The summed E-state index contributed by atoms with van der Waals surface area (Å²) in [5.74, 6) is 0. The topological polar surface area (TPSA) is 12.0 Å². The Hall–Kier alpha value is -2.38. The third-order valence-corrected chi connectivity index (χ3v) is 3.94. The van der Waals surface area contributed by atoms with Crippen LogP contribution in [0.15, 0.2) is 78.9 Å². The average molecular weight is 287 g/mol. The molecular weight excluding hydrogens is 266 g/mol. The fraction of sp³-hybridized carbons (Fsp3) is 0.143. The van der Waals surface area contributed by atoms with Gasteiger partial charge in [0.1, 0.15) is 0 Å². The summed E-state index contributed by atoms with van der Waals surface area (Å²) in [6.45, 7) is 3.08. The highest BCUT2D eigenvalue weighted by Crippen LogP contribution is 2.23. The highest BCUT2D eigenvalue weighted by Gasteiger charge is 2.07. The number of benzene rings is 3. The maximum Gasteiger partial charge on any atom is 0.0300 e. The van der Waals surface area contributed by atoms with Crippen molar-refractivity contribution in [1.82, 2.24) is 5.32 Å². The lowest BCUT2D eigenvalue weighted by molar-refractivity contribution is 0.622. The molecule has 0 spiro atoms. The maximum atomic E-state index is 3.57. The highest BCUT2D eigenvalue weighted by atomic mass is 14.9. The zero-order chi connectivity index (χ0) is 15.2. The van der Waals surface area contributed by atoms with Crippen molar-refractivity contribution in [3.05, 3.63) is 90.0 Å². The van der Waals surface area contributed by atoms with Crippen molar-refractivity contribution in [3.63, 3.8) is 0 Å². The molecule has 0 heterocycles. The van der Waals surface area contributed by atoms with Gasteiger partial charge in [-0.15, -0.1) is 0 Å². The summed E-state index contributed by atoms with van der Waals surface area (Å²) in [4.78, 5) is 0. The minimum absolute atomic E-state index is 0.325. The van der Waals surface area contributed by atoms with Gasteiger partial charge in [-0.2, -0.15) is 0 Å². The third-order valence-electron chi connectivity index (χ3n) is 3.94. The van der Waals surface area contributed by atoms with E-state index in [1.165, 1.54) is 21.9 Å². The van der Waals surface area contributed by atoms with E-state index in [4.69, 9.17) is 0 Å². The summed E-state index contributed by atoms with van der Waals surface area (Å²) in [5.41, 5.74) is 2.59. The predicted octanol–water partition coefficient (Wildman–Crippen LogP) is 5.20. The minimum Gasteiger partial charge on any atom is -0.307 e. The van der Waals surface area contributed by atoms with E-state index in [-0.39, 0.29) is 0 Å². The molecule has 0 fully saturated rings. The Bertz CT molecular complexity index is 754. The Balaban J connectivity index is 1.66. The van der Waals surface area contributed by atoms with E-state index in [9.17, 15) is 0 Å². The first-order chi connectivity index (χ1) is 10.8. The first kappa shape index (κ1) is 14.6. The van der Waals surface area contributed by atoms with E-state index in [1.54, 1.807) is 0 Å². The van der Waals surface area contributed by atoms with Crippen LogP contribution in [0, 0.1) is 0 Å². The van der Waals surface area contributed by atoms with E-state index >= 15 is 0 Å². The molecule has 0 aromatic heterocycles. The van der Waals surface area contributed by atoms with Crippen LogP contribution in [0.1, 0.15) is 24.1 Å².